The number of piperazine rings is 1. The fraction of sp³-hybridized carbons (Fsp3) is 0.500. The first-order valence-electron chi connectivity index (χ1n) is 9.87. The van der Waals surface area contributed by atoms with Gasteiger partial charge in [0.15, 0.2) is 11.1 Å². The molecule has 0 saturated carbocycles. The number of nitrogens with zero attached hydrogens (tertiary/aromatic N) is 5. The average Bonchev–Trinajstić information content (AvgIpc) is 3.38. The van der Waals surface area contributed by atoms with E-state index in [1.807, 2.05) is 17.6 Å². The molecule has 0 bridgehead atoms. The summed E-state index contributed by atoms with van der Waals surface area (Å²) < 4.78 is 14.0. The Hall–Kier alpha value is -1.17. The second kappa shape index (κ2) is 10.4. The van der Waals surface area contributed by atoms with Crippen molar-refractivity contribution >= 4 is 58.0 Å². The van der Waals surface area contributed by atoms with Crippen LogP contribution >= 0.6 is 46.9 Å². The molecule has 0 amide bonds. The maximum absolute atomic E-state index is 14.0. The molecule has 2 N–H and O–H groups in total. The quantitative estimate of drug-likeness (QED) is 0.349. The van der Waals surface area contributed by atoms with E-state index < -0.39 is 0 Å². The van der Waals surface area contributed by atoms with Crippen LogP contribution in [0.3, 0.4) is 0 Å². The number of nitrogens with two attached hydrogens (primary N) is 1. The van der Waals surface area contributed by atoms with Gasteiger partial charge in [-0.25, -0.2) is 9.37 Å². The SMILES string of the molecule is CN1CCC(CN=C(N)N2CCN(c3nccs3)CC2)C1c1ccc(Cl)c(F)c1.I. The number of hydrogen-bond acceptors (Lipinski definition) is 5. The second-order valence-corrected chi connectivity index (χ2v) is 8.92. The van der Waals surface area contributed by atoms with E-state index in [-0.39, 0.29) is 40.9 Å². The minimum atomic E-state index is -0.371. The summed E-state index contributed by atoms with van der Waals surface area (Å²) in [5, 5.41) is 3.22. The third-order valence-electron chi connectivity index (χ3n) is 5.84. The van der Waals surface area contributed by atoms with E-state index in [0.29, 0.717) is 18.4 Å². The number of thiazole rings is 1. The van der Waals surface area contributed by atoms with Crippen LogP contribution in [0.1, 0.15) is 18.0 Å². The first-order valence-corrected chi connectivity index (χ1v) is 11.1. The average molecular weight is 565 g/mol. The van der Waals surface area contributed by atoms with Gasteiger partial charge in [0.2, 0.25) is 0 Å². The molecule has 0 aliphatic carbocycles. The lowest BCUT2D eigenvalue weighted by Crippen LogP contribution is -2.51. The fourth-order valence-corrected chi connectivity index (χ4v) is 5.06. The number of likely N-dealkylation sites (tertiary alicyclic amines) is 1. The van der Waals surface area contributed by atoms with Crippen molar-refractivity contribution in [2.24, 2.45) is 16.6 Å². The molecule has 6 nitrogen and oxygen atoms in total. The molecule has 2 saturated heterocycles. The van der Waals surface area contributed by atoms with Gasteiger partial charge in [0.05, 0.1) is 5.02 Å². The molecule has 30 heavy (non-hydrogen) atoms. The van der Waals surface area contributed by atoms with Crippen LogP contribution in [0.25, 0.3) is 0 Å². The maximum Gasteiger partial charge on any atom is 0.191 e. The van der Waals surface area contributed by atoms with E-state index in [4.69, 9.17) is 22.3 Å². The standard InChI is InChI=1S/C20H26ClFN6S.HI/c1-26-6-4-15(18(26)14-2-3-16(21)17(22)12-14)13-25-19(23)27-7-9-28(10-8-27)20-24-5-11-29-20;/h2-3,5,11-12,15,18H,4,6-10,13H2,1H3,(H2,23,25);1H. The lowest BCUT2D eigenvalue weighted by atomic mass is 9.94. The van der Waals surface area contributed by atoms with Crippen LogP contribution in [-0.4, -0.2) is 67.1 Å². The number of halogens is 3. The normalized spacial score (nSPS) is 23.0. The molecule has 164 valence electrons. The zero-order valence-electron chi connectivity index (χ0n) is 16.9. The summed E-state index contributed by atoms with van der Waals surface area (Å²) in [5.41, 5.74) is 7.25. The van der Waals surface area contributed by atoms with Crippen LogP contribution in [0.15, 0.2) is 34.8 Å². The zero-order valence-corrected chi connectivity index (χ0v) is 20.8. The number of guanidine groups is 1. The molecule has 0 radical (unpaired) electrons. The lowest BCUT2D eigenvalue weighted by Gasteiger charge is -2.35. The highest BCUT2D eigenvalue weighted by atomic mass is 127. The highest BCUT2D eigenvalue weighted by molar-refractivity contribution is 14.0. The summed E-state index contributed by atoms with van der Waals surface area (Å²) in [7, 11) is 2.07. The molecular formula is C20H27ClFIN6S. The lowest BCUT2D eigenvalue weighted by molar-refractivity contribution is 0.278. The van der Waals surface area contributed by atoms with Gasteiger partial charge >= 0.3 is 0 Å². The fourth-order valence-electron chi connectivity index (χ4n) is 4.25. The van der Waals surface area contributed by atoms with Crippen molar-refractivity contribution in [1.82, 2.24) is 14.8 Å². The van der Waals surface area contributed by atoms with Gasteiger partial charge < -0.3 is 15.5 Å². The number of rotatable bonds is 4. The minimum Gasteiger partial charge on any atom is -0.370 e. The predicted octanol–water partition coefficient (Wildman–Crippen LogP) is 3.68. The highest BCUT2D eigenvalue weighted by Gasteiger charge is 2.33. The molecule has 4 rings (SSSR count). The van der Waals surface area contributed by atoms with Gasteiger partial charge in [-0.05, 0) is 43.6 Å². The van der Waals surface area contributed by atoms with Gasteiger partial charge in [0, 0.05) is 50.3 Å². The van der Waals surface area contributed by atoms with Gasteiger partial charge in [0.25, 0.3) is 0 Å². The maximum atomic E-state index is 14.0. The molecule has 2 atom stereocenters. The van der Waals surface area contributed by atoms with Crippen LogP contribution < -0.4 is 10.6 Å². The van der Waals surface area contributed by atoms with Crippen molar-refractivity contribution in [2.45, 2.75) is 12.5 Å². The Morgan fingerprint density at radius 3 is 2.73 bits per heavy atom. The summed E-state index contributed by atoms with van der Waals surface area (Å²) in [6, 6.07) is 5.22. The van der Waals surface area contributed by atoms with Crippen LogP contribution in [0.5, 0.6) is 0 Å². The van der Waals surface area contributed by atoms with Crippen molar-refractivity contribution in [3.63, 3.8) is 0 Å². The molecule has 0 spiro atoms. The smallest absolute Gasteiger partial charge is 0.191 e. The number of anilines is 1. The summed E-state index contributed by atoms with van der Waals surface area (Å²) >= 11 is 7.51. The highest BCUT2D eigenvalue weighted by Crippen LogP contribution is 2.37. The Morgan fingerprint density at radius 2 is 2.07 bits per heavy atom. The molecule has 2 aliphatic rings. The Balaban J connectivity index is 0.00000256. The zero-order chi connectivity index (χ0) is 20.4. The van der Waals surface area contributed by atoms with Crippen molar-refractivity contribution in [3.05, 3.63) is 46.2 Å². The van der Waals surface area contributed by atoms with Crippen LogP contribution in [0.2, 0.25) is 5.02 Å². The number of hydrogen-bond donors (Lipinski definition) is 1. The van der Waals surface area contributed by atoms with Gasteiger partial charge in [-0.3, -0.25) is 9.89 Å². The number of benzene rings is 1. The van der Waals surface area contributed by atoms with Crippen LogP contribution in [0, 0.1) is 11.7 Å². The first-order chi connectivity index (χ1) is 14.0. The minimum absolute atomic E-state index is 0. The van der Waals surface area contributed by atoms with Crippen molar-refractivity contribution in [1.29, 1.82) is 0 Å². The van der Waals surface area contributed by atoms with Crippen LogP contribution in [0.4, 0.5) is 9.52 Å². The van der Waals surface area contributed by atoms with Crippen LogP contribution in [-0.2, 0) is 0 Å². The molecule has 3 heterocycles. The number of aliphatic imine (C=N–C) groups is 1. The Labute approximate surface area is 202 Å². The van der Waals surface area contributed by atoms with Gasteiger partial charge in [0.1, 0.15) is 5.82 Å². The molecule has 1 aromatic heterocycles. The van der Waals surface area contributed by atoms with E-state index in [2.05, 4.69) is 26.7 Å². The molecule has 2 fully saturated rings. The van der Waals surface area contributed by atoms with E-state index >= 15 is 0 Å². The van der Waals surface area contributed by atoms with E-state index in [0.717, 1.165) is 49.8 Å². The molecule has 2 unspecified atom stereocenters. The van der Waals surface area contributed by atoms with E-state index in [9.17, 15) is 4.39 Å². The molecule has 1 aromatic carbocycles. The third-order valence-corrected chi connectivity index (χ3v) is 6.98. The Morgan fingerprint density at radius 1 is 1.30 bits per heavy atom. The van der Waals surface area contributed by atoms with Crippen molar-refractivity contribution < 1.29 is 4.39 Å². The van der Waals surface area contributed by atoms with Crippen molar-refractivity contribution in [3.8, 4) is 0 Å². The van der Waals surface area contributed by atoms with Gasteiger partial charge in [-0.1, -0.05) is 17.7 Å². The second-order valence-electron chi connectivity index (χ2n) is 7.64. The van der Waals surface area contributed by atoms with Gasteiger partial charge in [-0.2, -0.15) is 0 Å². The number of aromatic nitrogens is 1. The van der Waals surface area contributed by atoms with E-state index in [1.54, 1.807) is 23.5 Å². The topological polar surface area (TPSA) is 61.0 Å². The van der Waals surface area contributed by atoms with E-state index in [1.165, 1.54) is 0 Å². The first kappa shape index (κ1) is 23.5. The molecule has 2 aliphatic heterocycles. The predicted molar refractivity (Wildman–Crippen MR) is 133 cm³/mol. The van der Waals surface area contributed by atoms with Gasteiger partial charge in [-0.15, -0.1) is 35.3 Å². The summed E-state index contributed by atoms with van der Waals surface area (Å²) in [6.07, 6.45) is 2.85. The summed E-state index contributed by atoms with van der Waals surface area (Å²) in [4.78, 5) is 15.8. The molecule has 2 aromatic rings. The largest absolute Gasteiger partial charge is 0.370 e. The summed E-state index contributed by atoms with van der Waals surface area (Å²) in [6.45, 7) is 5.06. The third kappa shape index (κ3) is 5.17. The summed E-state index contributed by atoms with van der Waals surface area (Å²) in [5.74, 6) is 0.527. The van der Waals surface area contributed by atoms with Crippen molar-refractivity contribution in [2.75, 3.05) is 51.2 Å². The monoisotopic (exact) mass is 564 g/mol. The molecule has 10 heteroatoms. The Kier molecular flexibility index (Phi) is 8.17. The Bertz CT molecular complexity index is 859. The molecular weight excluding hydrogens is 538 g/mol.